The number of benzene rings is 2. The van der Waals surface area contributed by atoms with Crippen molar-refractivity contribution in [2.75, 3.05) is 19.8 Å². The Labute approximate surface area is 213 Å². The molecule has 0 N–H and O–H groups in total. The van der Waals surface area contributed by atoms with Crippen molar-refractivity contribution in [3.8, 4) is 11.5 Å². The number of nitrogens with zero attached hydrogens (tertiary/aromatic N) is 2. The smallest absolute Gasteiger partial charge is 0.289 e. The number of hydrogen-bond donors (Lipinski definition) is 0. The highest BCUT2D eigenvalue weighted by atomic mass is 35.5. The summed E-state index contributed by atoms with van der Waals surface area (Å²) in [6, 6.07) is 17.7. The molecular weight excluding hydrogens is 464 g/mol. The molecule has 1 heterocycles. The summed E-state index contributed by atoms with van der Waals surface area (Å²) < 4.78 is 18.2. The Balaban J connectivity index is 0.00000210. The lowest BCUT2D eigenvalue weighted by atomic mass is 10.2. The summed E-state index contributed by atoms with van der Waals surface area (Å²) in [6.45, 7) is 8.77. The van der Waals surface area contributed by atoms with Crippen molar-refractivity contribution in [3.63, 3.8) is 0 Å². The third-order valence-electron chi connectivity index (χ3n) is 5.07. The first kappa shape index (κ1) is 28.4. The molecule has 0 unspecified atom stereocenters. The predicted molar refractivity (Wildman–Crippen MR) is 142 cm³/mol. The third kappa shape index (κ3) is 10.1. The van der Waals surface area contributed by atoms with E-state index in [1.807, 2.05) is 63.2 Å². The van der Waals surface area contributed by atoms with Gasteiger partial charge in [0.1, 0.15) is 5.75 Å². The van der Waals surface area contributed by atoms with Gasteiger partial charge in [-0.25, -0.2) is 4.68 Å². The molecule has 0 amide bonds. The van der Waals surface area contributed by atoms with Crippen LogP contribution in [0.2, 0.25) is 5.02 Å². The van der Waals surface area contributed by atoms with Gasteiger partial charge >= 0.3 is 0 Å². The fourth-order valence-electron chi connectivity index (χ4n) is 3.30. The van der Waals surface area contributed by atoms with E-state index in [1.165, 1.54) is 16.4 Å². The topological polar surface area (TPSA) is 62.6 Å². The fourth-order valence-corrected chi connectivity index (χ4v) is 3.50. The lowest BCUT2D eigenvalue weighted by Gasteiger charge is -2.10. The van der Waals surface area contributed by atoms with Gasteiger partial charge in [-0.3, -0.25) is 4.79 Å². The van der Waals surface area contributed by atoms with Crippen molar-refractivity contribution in [3.05, 3.63) is 87.3 Å². The van der Waals surface area contributed by atoms with Crippen molar-refractivity contribution >= 4 is 11.6 Å². The second kappa shape index (κ2) is 16.7. The van der Waals surface area contributed by atoms with Crippen LogP contribution in [0.4, 0.5) is 0 Å². The van der Waals surface area contributed by atoms with E-state index in [4.69, 9.17) is 25.8 Å². The maximum Gasteiger partial charge on any atom is 0.289 e. The van der Waals surface area contributed by atoms with Crippen LogP contribution in [-0.4, -0.2) is 29.6 Å². The number of halogens is 1. The highest BCUT2D eigenvalue weighted by Gasteiger charge is 2.11. The van der Waals surface area contributed by atoms with Gasteiger partial charge in [0.05, 0.1) is 32.6 Å². The van der Waals surface area contributed by atoms with E-state index >= 15 is 0 Å². The summed E-state index contributed by atoms with van der Waals surface area (Å²) in [5.74, 6) is 1.12. The average Bonchev–Trinajstić information content (AvgIpc) is 2.90. The minimum Gasteiger partial charge on any atom is -0.494 e. The molecular formula is C28H37ClN2O4. The molecule has 0 radical (unpaired) electrons. The minimum absolute atomic E-state index is 0.0604. The van der Waals surface area contributed by atoms with Crippen molar-refractivity contribution in [2.45, 2.75) is 59.6 Å². The number of aromatic nitrogens is 2. The van der Waals surface area contributed by atoms with Crippen LogP contribution in [0.1, 0.15) is 57.6 Å². The molecule has 3 rings (SSSR count). The summed E-state index contributed by atoms with van der Waals surface area (Å²) in [5.41, 5.74) is 1.77. The van der Waals surface area contributed by atoms with Crippen LogP contribution in [0.5, 0.6) is 11.5 Å². The standard InChI is InChI=1S/C26H31ClN2O4.C2H6/c1-2-32-23-14-12-21(13-15-23)19-29-26(30)25(27)24(18-28-29)33-17-9-4-3-8-16-31-20-22-10-6-5-7-11-22;1-2/h5-7,10-15,18H,2-4,8-9,16-17,19-20H2,1H3;1-2H3. The molecule has 0 spiro atoms. The zero-order chi connectivity index (χ0) is 25.3. The minimum atomic E-state index is -0.362. The van der Waals surface area contributed by atoms with Gasteiger partial charge in [-0.05, 0) is 49.4 Å². The summed E-state index contributed by atoms with van der Waals surface area (Å²) in [5, 5.41) is 4.27. The van der Waals surface area contributed by atoms with Crippen LogP contribution < -0.4 is 15.0 Å². The van der Waals surface area contributed by atoms with E-state index in [9.17, 15) is 4.79 Å². The Hall–Kier alpha value is -2.83. The second-order valence-corrected chi connectivity index (χ2v) is 8.04. The van der Waals surface area contributed by atoms with Crippen molar-refractivity contribution in [2.24, 2.45) is 0 Å². The van der Waals surface area contributed by atoms with Crippen molar-refractivity contribution in [1.82, 2.24) is 9.78 Å². The number of rotatable bonds is 14. The Morgan fingerprint density at radius 2 is 1.54 bits per heavy atom. The number of unbranched alkanes of at least 4 members (excludes halogenated alkanes) is 3. The van der Waals surface area contributed by atoms with Crippen molar-refractivity contribution < 1.29 is 14.2 Å². The third-order valence-corrected chi connectivity index (χ3v) is 5.42. The highest BCUT2D eigenvalue weighted by molar-refractivity contribution is 6.31. The zero-order valence-electron chi connectivity index (χ0n) is 21.0. The van der Waals surface area contributed by atoms with Crippen LogP contribution in [0.15, 0.2) is 65.6 Å². The lowest BCUT2D eigenvalue weighted by molar-refractivity contribution is 0.116. The predicted octanol–water partition coefficient (Wildman–Crippen LogP) is 6.53. The maximum atomic E-state index is 12.6. The van der Waals surface area contributed by atoms with Crippen LogP contribution in [0.25, 0.3) is 0 Å². The first-order valence-electron chi connectivity index (χ1n) is 12.4. The largest absolute Gasteiger partial charge is 0.494 e. The molecule has 190 valence electrons. The summed E-state index contributed by atoms with van der Waals surface area (Å²) >= 11 is 6.24. The van der Waals surface area contributed by atoms with Gasteiger partial charge in [-0.2, -0.15) is 5.10 Å². The van der Waals surface area contributed by atoms with Gasteiger partial charge in [0.2, 0.25) is 0 Å². The molecule has 0 aliphatic heterocycles. The Morgan fingerprint density at radius 3 is 2.23 bits per heavy atom. The lowest BCUT2D eigenvalue weighted by Crippen LogP contribution is -2.24. The Bertz CT molecular complexity index is 1020. The summed E-state index contributed by atoms with van der Waals surface area (Å²) in [6.07, 6.45) is 5.49. The van der Waals surface area contributed by atoms with E-state index in [-0.39, 0.29) is 10.6 Å². The molecule has 7 heteroatoms. The molecule has 0 bridgehead atoms. The SMILES string of the molecule is CC.CCOc1ccc(Cn2ncc(OCCCCCCOCc3ccccc3)c(Cl)c2=O)cc1. The zero-order valence-corrected chi connectivity index (χ0v) is 21.8. The Kier molecular flexibility index (Phi) is 13.6. The van der Waals surface area contributed by atoms with Crippen molar-refractivity contribution in [1.29, 1.82) is 0 Å². The van der Waals surface area contributed by atoms with E-state index < -0.39 is 0 Å². The van der Waals surface area contributed by atoms with E-state index in [0.29, 0.717) is 32.1 Å². The molecule has 0 aliphatic rings. The summed E-state index contributed by atoms with van der Waals surface area (Å²) in [4.78, 5) is 12.6. The number of ether oxygens (including phenoxy) is 3. The fraction of sp³-hybridized carbons (Fsp3) is 0.429. The van der Waals surface area contributed by atoms with Gasteiger partial charge in [-0.1, -0.05) is 74.3 Å². The average molecular weight is 501 g/mol. The number of hydrogen-bond acceptors (Lipinski definition) is 5. The molecule has 1 aromatic heterocycles. The summed E-state index contributed by atoms with van der Waals surface area (Å²) in [7, 11) is 0. The molecule has 3 aromatic rings. The van der Waals surface area contributed by atoms with Crippen LogP contribution in [0, 0.1) is 0 Å². The first-order chi connectivity index (χ1) is 17.2. The van der Waals surface area contributed by atoms with Crippen LogP contribution in [-0.2, 0) is 17.9 Å². The monoisotopic (exact) mass is 500 g/mol. The Morgan fingerprint density at radius 1 is 0.857 bits per heavy atom. The first-order valence-corrected chi connectivity index (χ1v) is 12.8. The molecule has 0 fully saturated rings. The molecule has 35 heavy (non-hydrogen) atoms. The van der Waals surface area contributed by atoms with E-state index in [0.717, 1.165) is 43.6 Å². The van der Waals surface area contributed by atoms with Crippen LogP contribution >= 0.6 is 11.6 Å². The van der Waals surface area contributed by atoms with Gasteiger partial charge in [0.15, 0.2) is 10.8 Å². The molecule has 0 atom stereocenters. The van der Waals surface area contributed by atoms with E-state index in [1.54, 1.807) is 0 Å². The molecule has 0 aliphatic carbocycles. The van der Waals surface area contributed by atoms with E-state index in [2.05, 4.69) is 17.2 Å². The van der Waals surface area contributed by atoms with Gasteiger partial charge < -0.3 is 14.2 Å². The molecule has 0 saturated carbocycles. The normalized spacial score (nSPS) is 10.4. The highest BCUT2D eigenvalue weighted by Crippen LogP contribution is 2.19. The van der Waals surface area contributed by atoms with Gasteiger partial charge in [0, 0.05) is 6.61 Å². The second-order valence-electron chi connectivity index (χ2n) is 7.66. The quantitative estimate of drug-likeness (QED) is 0.235. The van der Waals surface area contributed by atoms with Gasteiger partial charge in [0.25, 0.3) is 5.56 Å². The molecule has 6 nitrogen and oxygen atoms in total. The maximum absolute atomic E-state index is 12.6. The van der Waals surface area contributed by atoms with Crippen LogP contribution in [0.3, 0.4) is 0 Å². The molecule has 0 saturated heterocycles. The molecule has 2 aromatic carbocycles. The van der Waals surface area contributed by atoms with Gasteiger partial charge in [-0.15, -0.1) is 0 Å².